The van der Waals surface area contributed by atoms with Gasteiger partial charge in [-0.15, -0.1) is 0 Å². The monoisotopic (exact) mass is 352 g/mol. The molecule has 1 aromatic carbocycles. The maximum absolute atomic E-state index is 11.5. The summed E-state index contributed by atoms with van der Waals surface area (Å²) in [6.45, 7) is 0. The molecular formula is C20H20N2O2S. The Morgan fingerprint density at radius 1 is 0.920 bits per heavy atom. The molecule has 2 aromatic rings. The van der Waals surface area contributed by atoms with Crippen LogP contribution in [0.15, 0.2) is 65.7 Å². The third-order valence-corrected chi connectivity index (χ3v) is 6.05. The number of allylic oxidation sites excluding steroid dienone is 4. The number of primary sulfonamides is 1. The third-order valence-electron chi connectivity index (χ3n) is 5.12. The molecule has 2 aliphatic carbocycles. The van der Waals surface area contributed by atoms with Gasteiger partial charge in [-0.1, -0.05) is 43.2 Å². The van der Waals surface area contributed by atoms with Crippen LogP contribution in [-0.2, 0) is 10.0 Å². The van der Waals surface area contributed by atoms with Gasteiger partial charge in [-0.2, -0.15) is 0 Å². The van der Waals surface area contributed by atoms with E-state index in [-0.39, 0.29) is 10.3 Å². The van der Waals surface area contributed by atoms with E-state index in [9.17, 15) is 8.42 Å². The number of nitrogens with zero attached hydrogens (tertiary/aromatic N) is 1. The molecule has 25 heavy (non-hydrogen) atoms. The molecule has 2 aliphatic rings. The molecule has 0 unspecified atom stereocenters. The fourth-order valence-corrected chi connectivity index (χ4v) is 4.41. The summed E-state index contributed by atoms with van der Waals surface area (Å²) in [4.78, 5) is 4.66. The Labute approximate surface area is 148 Å². The first-order valence-electron chi connectivity index (χ1n) is 8.48. The highest BCUT2D eigenvalue weighted by molar-refractivity contribution is 7.89. The molecule has 1 saturated carbocycles. The zero-order valence-electron chi connectivity index (χ0n) is 13.9. The predicted molar refractivity (Wildman–Crippen MR) is 98.9 cm³/mol. The normalized spacial score (nSPS) is 19.1. The van der Waals surface area contributed by atoms with Crippen molar-refractivity contribution < 1.29 is 8.42 Å². The summed E-state index contributed by atoms with van der Waals surface area (Å²) in [7, 11) is -3.68. The number of nitrogens with two attached hydrogens (primary N) is 1. The molecule has 0 aliphatic heterocycles. The van der Waals surface area contributed by atoms with Crippen LogP contribution < -0.4 is 5.14 Å². The first-order chi connectivity index (χ1) is 12.0. The lowest BCUT2D eigenvalue weighted by Crippen LogP contribution is -2.11. The van der Waals surface area contributed by atoms with E-state index in [1.807, 2.05) is 30.3 Å². The SMILES string of the molecule is NS(=O)(=O)c1ccc(C2=CC3(C=C2c2ccccn2)CCCC3)cc1. The quantitative estimate of drug-likeness (QED) is 0.914. The lowest BCUT2D eigenvalue weighted by atomic mass is 9.88. The molecule has 1 fully saturated rings. The van der Waals surface area contributed by atoms with Crippen molar-refractivity contribution in [2.24, 2.45) is 10.6 Å². The van der Waals surface area contributed by atoms with Crippen molar-refractivity contribution in [3.05, 3.63) is 72.1 Å². The van der Waals surface area contributed by atoms with Crippen LogP contribution in [0.3, 0.4) is 0 Å². The highest BCUT2D eigenvalue weighted by atomic mass is 32.2. The van der Waals surface area contributed by atoms with Crippen LogP contribution in [0.5, 0.6) is 0 Å². The average Bonchev–Trinajstić information content (AvgIpc) is 3.23. The van der Waals surface area contributed by atoms with Gasteiger partial charge in [0.25, 0.3) is 0 Å². The minimum absolute atomic E-state index is 0.112. The highest BCUT2D eigenvalue weighted by Gasteiger charge is 2.36. The average molecular weight is 352 g/mol. The van der Waals surface area contributed by atoms with Crippen LogP contribution in [-0.4, -0.2) is 13.4 Å². The van der Waals surface area contributed by atoms with Gasteiger partial charge in [0.05, 0.1) is 10.6 Å². The van der Waals surface area contributed by atoms with Crippen molar-refractivity contribution in [1.82, 2.24) is 4.98 Å². The molecular weight excluding hydrogens is 332 g/mol. The van der Waals surface area contributed by atoms with Gasteiger partial charge in [0.2, 0.25) is 10.0 Å². The van der Waals surface area contributed by atoms with E-state index in [4.69, 9.17) is 5.14 Å². The lowest BCUT2D eigenvalue weighted by Gasteiger charge is -2.16. The first-order valence-corrected chi connectivity index (χ1v) is 10.0. The molecule has 128 valence electrons. The van der Waals surface area contributed by atoms with Crippen molar-refractivity contribution in [3.63, 3.8) is 0 Å². The predicted octanol–water partition coefficient (Wildman–Crippen LogP) is 3.77. The summed E-state index contributed by atoms with van der Waals surface area (Å²) in [5.74, 6) is 0. The molecule has 4 rings (SSSR count). The summed E-state index contributed by atoms with van der Waals surface area (Å²) < 4.78 is 23.0. The van der Waals surface area contributed by atoms with Crippen LogP contribution >= 0.6 is 0 Å². The number of rotatable bonds is 3. The Hall–Kier alpha value is -2.24. The van der Waals surface area contributed by atoms with Gasteiger partial charge >= 0.3 is 0 Å². The van der Waals surface area contributed by atoms with Gasteiger partial charge in [-0.05, 0) is 48.2 Å². The zero-order chi connectivity index (χ0) is 17.5. The molecule has 0 atom stereocenters. The summed E-state index contributed by atoms with van der Waals surface area (Å²) in [6, 6.07) is 12.7. The number of hydrogen-bond donors (Lipinski definition) is 1. The van der Waals surface area contributed by atoms with Gasteiger partial charge in [0.1, 0.15) is 0 Å². The summed E-state index contributed by atoms with van der Waals surface area (Å²) in [5.41, 5.74) is 4.31. The van der Waals surface area contributed by atoms with E-state index in [1.165, 1.54) is 12.8 Å². The smallest absolute Gasteiger partial charge is 0.238 e. The second-order valence-corrected chi connectivity index (χ2v) is 8.40. The molecule has 0 radical (unpaired) electrons. The molecule has 5 heteroatoms. The summed E-state index contributed by atoms with van der Waals surface area (Å²) >= 11 is 0. The Bertz CT molecular complexity index is 953. The van der Waals surface area contributed by atoms with Crippen LogP contribution in [0, 0.1) is 5.41 Å². The standard InChI is InChI=1S/C20H20N2O2S/c21-25(23,24)16-8-6-15(7-9-16)17-13-20(10-2-3-11-20)14-18(17)19-5-1-4-12-22-19/h1,4-9,12-14H,2-3,10-11H2,(H2,21,23,24). The number of pyridine rings is 1. The van der Waals surface area contributed by atoms with Crippen molar-refractivity contribution in [1.29, 1.82) is 0 Å². The van der Waals surface area contributed by atoms with E-state index < -0.39 is 10.0 Å². The zero-order valence-corrected chi connectivity index (χ0v) is 14.7. The van der Waals surface area contributed by atoms with E-state index >= 15 is 0 Å². The Morgan fingerprint density at radius 3 is 2.20 bits per heavy atom. The van der Waals surface area contributed by atoms with Crippen molar-refractivity contribution in [3.8, 4) is 0 Å². The summed E-state index contributed by atoms with van der Waals surface area (Å²) in [6.07, 6.45) is 11.3. The van der Waals surface area contributed by atoms with Crippen LogP contribution in [0.4, 0.5) is 0 Å². The topological polar surface area (TPSA) is 73.1 Å². The molecule has 1 heterocycles. The largest absolute Gasteiger partial charge is 0.256 e. The van der Waals surface area contributed by atoms with Gasteiger partial charge in [0, 0.05) is 17.2 Å². The minimum Gasteiger partial charge on any atom is -0.256 e. The van der Waals surface area contributed by atoms with E-state index in [0.29, 0.717) is 0 Å². The molecule has 2 N–H and O–H groups in total. The van der Waals surface area contributed by atoms with Crippen LogP contribution in [0.25, 0.3) is 11.1 Å². The van der Waals surface area contributed by atoms with Crippen LogP contribution in [0.2, 0.25) is 0 Å². The molecule has 0 amide bonds. The maximum Gasteiger partial charge on any atom is 0.238 e. The Kier molecular flexibility index (Phi) is 3.85. The number of sulfonamides is 1. The number of benzene rings is 1. The Morgan fingerprint density at radius 2 is 1.60 bits per heavy atom. The second kappa shape index (κ2) is 5.93. The molecule has 1 spiro atoms. The molecule has 4 nitrogen and oxygen atoms in total. The molecule has 0 bridgehead atoms. The van der Waals surface area contributed by atoms with Gasteiger partial charge in [-0.25, -0.2) is 13.6 Å². The van der Waals surface area contributed by atoms with Crippen molar-refractivity contribution in [2.75, 3.05) is 0 Å². The van der Waals surface area contributed by atoms with Crippen molar-refractivity contribution in [2.45, 2.75) is 30.6 Å². The fourth-order valence-electron chi connectivity index (χ4n) is 3.89. The van der Waals surface area contributed by atoms with Gasteiger partial charge in [-0.3, -0.25) is 4.98 Å². The third kappa shape index (κ3) is 3.05. The molecule has 1 aromatic heterocycles. The van der Waals surface area contributed by atoms with Crippen molar-refractivity contribution >= 4 is 21.2 Å². The minimum atomic E-state index is -3.68. The first kappa shape index (κ1) is 16.2. The van der Waals surface area contributed by atoms with E-state index in [0.717, 1.165) is 35.2 Å². The molecule has 0 saturated heterocycles. The number of hydrogen-bond acceptors (Lipinski definition) is 3. The van der Waals surface area contributed by atoms with E-state index in [1.54, 1.807) is 18.3 Å². The van der Waals surface area contributed by atoms with E-state index in [2.05, 4.69) is 17.1 Å². The second-order valence-electron chi connectivity index (χ2n) is 6.84. The Balaban J connectivity index is 1.80. The van der Waals surface area contributed by atoms with Gasteiger partial charge < -0.3 is 0 Å². The van der Waals surface area contributed by atoms with Gasteiger partial charge in [0.15, 0.2) is 0 Å². The summed E-state index contributed by atoms with van der Waals surface area (Å²) in [5, 5.41) is 5.21. The fraction of sp³-hybridized carbons (Fsp3) is 0.250. The number of aromatic nitrogens is 1. The maximum atomic E-state index is 11.5. The highest BCUT2D eigenvalue weighted by Crippen LogP contribution is 2.51. The lowest BCUT2D eigenvalue weighted by molar-refractivity contribution is 0.523. The van der Waals surface area contributed by atoms with Crippen LogP contribution in [0.1, 0.15) is 36.9 Å².